The van der Waals surface area contributed by atoms with Gasteiger partial charge in [-0.3, -0.25) is 9.89 Å². The van der Waals surface area contributed by atoms with Crippen LogP contribution in [-0.4, -0.2) is 51.3 Å². The van der Waals surface area contributed by atoms with E-state index in [0.29, 0.717) is 19.6 Å². The molecule has 0 unspecified atom stereocenters. The van der Waals surface area contributed by atoms with Crippen LogP contribution in [0.3, 0.4) is 0 Å². The molecule has 1 aliphatic heterocycles. The molecule has 31 heavy (non-hydrogen) atoms. The molecule has 4 aromatic rings. The molecule has 1 amide bonds. The number of amides is 1. The molecule has 0 spiro atoms. The molecule has 0 saturated carbocycles. The zero-order valence-electron chi connectivity index (χ0n) is 17.0. The van der Waals surface area contributed by atoms with Crippen LogP contribution >= 0.6 is 0 Å². The van der Waals surface area contributed by atoms with Crippen molar-refractivity contribution < 1.29 is 14.1 Å². The van der Waals surface area contributed by atoms with E-state index in [1.807, 2.05) is 36.4 Å². The Morgan fingerprint density at radius 3 is 3.03 bits per heavy atom. The van der Waals surface area contributed by atoms with Gasteiger partial charge in [-0.1, -0.05) is 23.4 Å². The van der Waals surface area contributed by atoms with Gasteiger partial charge in [0, 0.05) is 42.9 Å². The van der Waals surface area contributed by atoms with E-state index in [9.17, 15) is 4.79 Å². The van der Waals surface area contributed by atoms with Crippen LogP contribution in [0.2, 0.25) is 0 Å². The number of hydrogen-bond donors (Lipinski definition) is 2. The van der Waals surface area contributed by atoms with E-state index >= 15 is 0 Å². The van der Waals surface area contributed by atoms with Gasteiger partial charge < -0.3 is 19.5 Å². The Kier molecular flexibility index (Phi) is 4.99. The second kappa shape index (κ2) is 8.10. The molecule has 1 fully saturated rings. The van der Waals surface area contributed by atoms with E-state index in [1.165, 1.54) is 6.20 Å². The lowest BCUT2D eigenvalue weighted by molar-refractivity contribution is 0.0749. The summed E-state index contributed by atoms with van der Waals surface area (Å²) in [6, 6.07) is 13.5. The Morgan fingerprint density at radius 2 is 2.19 bits per heavy atom. The number of H-pyrrole nitrogens is 1. The van der Waals surface area contributed by atoms with E-state index < -0.39 is 0 Å². The molecule has 9 nitrogen and oxygen atoms in total. The molecule has 2 N–H and O–H groups in total. The van der Waals surface area contributed by atoms with Crippen molar-refractivity contribution in [2.45, 2.75) is 18.9 Å². The molecule has 9 heteroatoms. The number of anilines is 1. The van der Waals surface area contributed by atoms with Gasteiger partial charge in [0.1, 0.15) is 5.75 Å². The summed E-state index contributed by atoms with van der Waals surface area (Å²) >= 11 is 0. The summed E-state index contributed by atoms with van der Waals surface area (Å²) in [7, 11) is 1.66. The van der Waals surface area contributed by atoms with Crippen LogP contribution in [0.4, 0.5) is 5.82 Å². The summed E-state index contributed by atoms with van der Waals surface area (Å²) in [5.41, 5.74) is 2.72. The van der Waals surface area contributed by atoms with E-state index in [2.05, 4.69) is 20.7 Å². The van der Waals surface area contributed by atoms with E-state index in [4.69, 9.17) is 14.2 Å². The first-order chi connectivity index (χ1) is 15.2. The summed E-state index contributed by atoms with van der Waals surface area (Å²) in [6.07, 6.45) is 2.33. The molecular weight excluding hydrogens is 396 g/mol. The molecular formula is C22H22N6O3. The molecule has 158 valence electrons. The van der Waals surface area contributed by atoms with Gasteiger partial charge in [0.15, 0.2) is 11.5 Å². The lowest BCUT2D eigenvalue weighted by Gasteiger charge is -2.14. The normalized spacial score (nSPS) is 16.0. The van der Waals surface area contributed by atoms with Crippen molar-refractivity contribution in [2.75, 3.05) is 25.5 Å². The van der Waals surface area contributed by atoms with Gasteiger partial charge in [0.2, 0.25) is 5.76 Å². The molecule has 1 atom stereocenters. The number of nitrogens with one attached hydrogen (secondary N) is 2. The van der Waals surface area contributed by atoms with Crippen molar-refractivity contribution >= 4 is 22.8 Å². The quantitative estimate of drug-likeness (QED) is 0.495. The lowest BCUT2D eigenvalue weighted by Crippen LogP contribution is -2.28. The van der Waals surface area contributed by atoms with Gasteiger partial charge in [0.25, 0.3) is 5.91 Å². The van der Waals surface area contributed by atoms with Gasteiger partial charge in [-0.25, -0.2) is 4.98 Å². The lowest BCUT2D eigenvalue weighted by atomic mass is 10.0. The SMILES string of the molecule is COc1ccccc1CNc1n[nH]c2nc([C@@H]3CCN(C(=O)c4ccno4)C3)ccc12. The minimum atomic E-state index is -0.134. The van der Waals surface area contributed by atoms with Crippen LogP contribution in [0, 0.1) is 0 Å². The molecule has 1 aliphatic rings. The van der Waals surface area contributed by atoms with Gasteiger partial charge in [0.05, 0.1) is 18.7 Å². The number of aromatic nitrogens is 4. The average molecular weight is 418 g/mol. The van der Waals surface area contributed by atoms with Gasteiger partial charge in [-0.15, -0.1) is 0 Å². The Morgan fingerprint density at radius 1 is 1.29 bits per heavy atom. The molecule has 4 heterocycles. The predicted octanol–water partition coefficient (Wildman–Crippen LogP) is 3.20. The highest BCUT2D eigenvalue weighted by molar-refractivity contribution is 5.91. The number of fused-ring (bicyclic) bond motifs is 1. The van der Waals surface area contributed by atoms with Crippen molar-refractivity contribution in [2.24, 2.45) is 0 Å². The maximum Gasteiger partial charge on any atom is 0.292 e. The van der Waals surface area contributed by atoms with Crippen LogP contribution in [-0.2, 0) is 6.54 Å². The first-order valence-corrected chi connectivity index (χ1v) is 10.1. The van der Waals surface area contributed by atoms with E-state index in [-0.39, 0.29) is 17.6 Å². The van der Waals surface area contributed by atoms with Crippen molar-refractivity contribution in [1.29, 1.82) is 0 Å². The third kappa shape index (κ3) is 3.70. The largest absolute Gasteiger partial charge is 0.496 e. The molecule has 1 saturated heterocycles. The summed E-state index contributed by atoms with van der Waals surface area (Å²) < 4.78 is 10.4. The fraction of sp³-hybridized carbons (Fsp3) is 0.273. The highest BCUT2D eigenvalue weighted by Crippen LogP contribution is 2.29. The highest BCUT2D eigenvalue weighted by Gasteiger charge is 2.30. The van der Waals surface area contributed by atoms with Crippen molar-refractivity contribution in [3.05, 3.63) is 65.7 Å². The third-order valence-electron chi connectivity index (χ3n) is 5.63. The number of methoxy groups -OCH3 is 1. The minimum absolute atomic E-state index is 0.134. The van der Waals surface area contributed by atoms with Crippen LogP contribution < -0.4 is 10.1 Å². The summed E-state index contributed by atoms with van der Waals surface area (Å²) in [4.78, 5) is 19.0. The van der Waals surface area contributed by atoms with Gasteiger partial charge in [-0.2, -0.15) is 5.10 Å². The monoisotopic (exact) mass is 418 g/mol. The van der Waals surface area contributed by atoms with Gasteiger partial charge in [-0.05, 0) is 24.6 Å². The van der Waals surface area contributed by atoms with Crippen LogP contribution in [0.25, 0.3) is 11.0 Å². The Labute approximate surface area is 178 Å². The van der Waals surface area contributed by atoms with Crippen molar-refractivity contribution in [3.8, 4) is 5.75 Å². The van der Waals surface area contributed by atoms with Crippen LogP contribution in [0.5, 0.6) is 5.75 Å². The number of nitrogens with zero attached hydrogens (tertiary/aromatic N) is 4. The fourth-order valence-corrected chi connectivity index (χ4v) is 3.98. The number of ether oxygens (including phenoxy) is 1. The molecule has 3 aromatic heterocycles. The molecule has 0 bridgehead atoms. The number of benzene rings is 1. The molecule has 1 aromatic carbocycles. The number of pyridine rings is 1. The average Bonchev–Trinajstić information content (AvgIpc) is 3.58. The van der Waals surface area contributed by atoms with Gasteiger partial charge >= 0.3 is 0 Å². The second-order valence-electron chi connectivity index (χ2n) is 7.48. The smallest absolute Gasteiger partial charge is 0.292 e. The van der Waals surface area contributed by atoms with Crippen molar-refractivity contribution in [3.63, 3.8) is 0 Å². The zero-order chi connectivity index (χ0) is 21.2. The number of likely N-dealkylation sites (tertiary alicyclic amines) is 1. The number of hydrogen-bond acceptors (Lipinski definition) is 7. The third-order valence-corrected chi connectivity index (χ3v) is 5.63. The fourth-order valence-electron chi connectivity index (χ4n) is 3.98. The first kappa shape index (κ1) is 19.1. The van der Waals surface area contributed by atoms with E-state index in [0.717, 1.165) is 40.3 Å². The Balaban J connectivity index is 1.29. The summed E-state index contributed by atoms with van der Waals surface area (Å²) in [5.74, 6) is 1.88. The highest BCUT2D eigenvalue weighted by atomic mass is 16.5. The topological polar surface area (TPSA) is 109 Å². The number of para-hydroxylation sites is 1. The Hall–Kier alpha value is -3.88. The minimum Gasteiger partial charge on any atom is -0.496 e. The number of aromatic amines is 1. The molecule has 0 radical (unpaired) electrons. The van der Waals surface area contributed by atoms with Crippen LogP contribution in [0.1, 0.15) is 34.2 Å². The number of carbonyl (C=O) groups is 1. The number of rotatable bonds is 6. The Bertz CT molecular complexity index is 1200. The summed E-state index contributed by atoms with van der Waals surface area (Å²) in [6.45, 7) is 1.86. The predicted molar refractivity (Wildman–Crippen MR) is 114 cm³/mol. The number of carbonyl (C=O) groups excluding carboxylic acids is 1. The second-order valence-corrected chi connectivity index (χ2v) is 7.48. The zero-order valence-corrected chi connectivity index (χ0v) is 17.0. The summed E-state index contributed by atoms with van der Waals surface area (Å²) in [5, 5.41) is 15.3. The molecule has 0 aliphatic carbocycles. The molecule has 5 rings (SSSR count). The first-order valence-electron chi connectivity index (χ1n) is 10.1. The van der Waals surface area contributed by atoms with Crippen LogP contribution in [0.15, 0.2) is 53.2 Å². The van der Waals surface area contributed by atoms with Crippen molar-refractivity contribution in [1.82, 2.24) is 25.2 Å². The van der Waals surface area contributed by atoms with E-state index in [1.54, 1.807) is 18.1 Å². The standard InChI is InChI=1S/C22H22N6O3/c1-30-18-5-3-2-4-14(18)12-23-20-16-6-7-17(25-21(16)27-26-20)15-9-11-28(13-15)22(29)19-8-10-24-31-19/h2-8,10,15H,9,11-13H2,1H3,(H2,23,25,26,27)/t15-/m1/s1. The maximum atomic E-state index is 12.5. The maximum absolute atomic E-state index is 12.5.